The van der Waals surface area contributed by atoms with Crippen molar-refractivity contribution >= 4 is 71.5 Å². The lowest BCUT2D eigenvalue weighted by Gasteiger charge is -2.28. The van der Waals surface area contributed by atoms with E-state index in [0.717, 1.165) is 117 Å². The first-order chi connectivity index (χ1) is 63.6. The van der Waals surface area contributed by atoms with Gasteiger partial charge in [-0.1, -0.05) is 97.1 Å². The minimum absolute atomic E-state index is 0.00219. The highest BCUT2D eigenvalue weighted by Gasteiger charge is 2.31. The molecule has 0 atom stereocenters. The van der Waals surface area contributed by atoms with Gasteiger partial charge in [-0.3, -0.25) is 28.8 Å². The topological polar surface area (TPSA) is 466 Å². The van der Waals surface area contributed by atoms with E-state index in [1.807, 2.05) is 34.6 Å². The molecule has 18 rings (SSSR count). The molecule has 6 amide bonds. The third kappa shape index (κ3) is 29.3. The number of carboxylic acid groups (broad SMARTS) is 2. The Kier molecular flexibility index (Phi) is 33.4. The first-order valence-electron chi connectivity index (χ1n) is 45.1. The Labute approximate surface area is 767 Å². The maximum Gasteiger partial charge on any atom is 0.407 e. The van der Waals surface area contributed by atoms with E-state index < -0.39 is 35.3 Å². The number of carbonyl (C=O) groups is 8. The maximum absolute atomic E-state index is 12.6. The first-order valence-corrected chi connectivity index (χ1v) is 45.1. The number of hydrogen-bond acceptors (Lipinski definition) is 26. The highest BCUT2D eigenvalue weighted by atomic mass is 16.6. The molecule has 8 aliphatic rings. The van der Waals surface area contributed by atoms with Crippen LogP contribution < -0.4 is 48.3 Å². The summed E-state index contributed by atoms with van der Waals surface area (Å²) in [5, 5.41) is 41.5. The zero-order valence-electron chi connectivity index (χ0n) is 75.8. The Bertz CT molecular complexity index is 5510. The van der Waals surface area contributed by atoms with E-state index in [0.29, 0.717) is 114 Å². The van der Waals surface area contributed by atoms with Gasteiger partial charge in [-0.25, -0.2) is 59.4 Å². The van der Waals surface area contributed by atoms with Crippen molar-refractivity contribution < 1.29 is 58.0 Å². The molecule has 10 aromatic rings. The fraction of sp³-hybridized carbons (Fsp3) is 0.438. The average molecular weight is 1800 g/mol. The lowest BCUT2D eigenvalue weighted by molar-refractivity contribution is -0.138. The number of nitrogens with two attached hydrogens (primary N) is 1. The van der Waals surface area contributed by atoms with E-state index in [-0.39, 0.29) is 69.1 Å². The molecule has 0 saturated heterocycles. The highest BCUT2D eigenvalue weighted by Crippen LogP contribution is 2.31. The Balaban J connectivity index is 0.000000140. The lowest BCUT2D eigenvalue weighted by Crippen LogP contribution is -2.39. The van der Waals surface area contributed by atoms with E-state index in [1.54, 1.807) is 82.1 Å². The Morgan fingerprint density at radius 3 is 1.05 bits per heavy atom. The third-order valence-corrected chi connectivity index (χ3v) is 23.0. The monoisotopic (exact) mass is 1800 g/mol. The molecule has 0 unspecified atom stereocenters. The second-order valence-corrected chi connectivity index (χ2v) is 35.6. The number of alkyl carbamates (subject to hydrolysis) is 2. The average Bonchev–Trinajstić information content (AvgIpc) is 1.53. The van der Waals surface area contributed by atoms with E-state index in [4.69, 9.17) is 40.4 Å². The number of carboxylic acids is 2. The normalized spacial score (nSPS) is 15.0. The van der Waals surface area contributed by atoms with Crippen LogP contribution in [0.25, 0.3) is 0 Å². The molecule has 12 N–H and O–H groups in total. The van der Waals surface area contributed by atoms with Crippen molar-refractivity contribution in [2.24, 2.45) is 5.73 Å². The number of benzene rings is 4. The number of aliphatic carboxylic acids is 2. The third-order valence-electron chi connectivity index (χ3n) is 23.0. The number of fused-ring (bicyclic) bond motifs is 8. The summed E-state index contributed by atoms with van der Waals surface area (Å²) in [4.78, 5) is 142. The number of carbonyl (C=O) groups excluding carboxylic acids is 6. The molecule has 4 aliphatic heterocycles. The molecule has 4 aliphatic carbocycles. The number of nitrogens with zero attached hydrogens (tertiary/aromatic N) is 15. The molecule has 0 radical (unpaired) electrons. The standard InChI is InChI=1S/C24H27N7O2.C24H31N5O3.C19H23N5O.C16H18N4.C8H15NO4.C5H6N2O2/c32-22(15-30-10-8-25-16-30)26-7-5-23(33)31-9-6-21-19(14-31)13-27-24(29-21)28-20-11-17-3-1-2-4-18(17)12-20;1-24(2,3)32-23(31)25-10-8-21(30)29-11-9-20-18(15-29)14-26-22(28-20)27-19-12-16-6-4-5-7-17(16)13-19;20-7-5-18(25)24-8-6-17-15(12-24)11-21-19(23-17)22-16-9-13-3-1-2-4-14(13)10-16;1-2-4-12-8-14(7-11(12)3-1)19-16-18-10-13-9-17-6-5-15(13)20-16;1-8(2,3)13-7(12)9-5-4-6(10)11;8-5(9)3-7-2-1-6-4-7/h1-4,8,10,13,16,20H,5-7,9,11-12,14-15H2,(H,26,32)(H,27,28,29);4-7,14,19H,8-13,15H2,1-3H3,(H,25,31)(H,26,27,28);1-4,11,16H,5-10,12,20H2,(H,21,22,23);1-4,10,14,17H,5-9H2,(H,18,19,20);4-5H2,1-3H3,(H,9,12)(H,10,11);1-2,4H,3H2,(H,8,9). The van der Waals surface area contributed by atoms with E-state index >= 15 is 0 Å². The minimum Gasteiger partial charge on any atom is -0.481 e. The zero-order chi connectivity index (χ0) is 93.1. The summed E-state index contributed by atoms with van der Waals surface area (Å²) in [5.74, 6) is 0.982. The Hall–Kier alpha value is -13.9. The summed E-state index contributed by atoms with van der Waals surface area (Å²) >= 11 is 0. The summed E-state index contributed by atoms with van der Waals surface area (Å²) < 4.78 is 13.2. The lowest BCUT2D eigenvalue weighted by atomic mass is 10.1. The summed E-state index contributed by atoms with van der Waals surface area (Å²) in [6.07, 6.45) is 28.0. The molecule has 4 aromatic carbocycles. The van der Waals surface area contributed by atoms with Crippen LogP contribution in [0.3, 0.4) is 0 Å². The van der Waals surface area contributed by atoms with Crippen molar-refractivity contribution in [3.63, 3.8) is 0 Å². The maximum atomic E-state index is 12.6. The van der Waals surface area contributed by atoms with Gasteiger partial charge in [0.15, 0.2) is 0 Å². The van der Waals surface area contributed by atoms with Gasteiger partial charge in [0, 0.05) is 219 Å². The Morgan fingerprint density at radius 2 is 0.727 bits per heavy atom. The van der Waals surface area contributed by atoms with Crippen LogP contribution in [-0.4, -0.2) is 219 Å². The molecule has 10 heterocycles. The van der Waals surface area contributed by atoms with Crippen molar-refractivity contribution in [1.82, 2.24) is 94.9 Å². The molecule has 0 saturated carbocycles. The molecule has 0 bridgehead atoms. The van der Waals surface area contributed by atoms with Crippen LogP contribution in [0.1, 0.15) is 157 Å². The number of ether oxygens (including phenoxy) is 2. The van der Waals surface area contributed by atoms with Crippen molar-refractivity contribution in [2.45, 2.75) is 219 Å². The zero-order valence-corrected chi connectivity index (χ0v) is 75.8. The molecule has 36 heteroatoms. The van der Waals surface area contributed by atoms with E-state index in [1.165, 1.54) is 66.7 Å². The molecule has 36 nitrogen and oxygen atoms in total. The van der Waals surface area contributed by atoms with Gasteiger partial charge in [-0.05, 0) is 137 Å². The fourth-order valence-corrected chi connectivity index (χ4v) is 16.7. The quantitative estimate of drug-likeness (QED) is 0.0288. The van der Waals surface area contributed by atoms with Gasteiger partial charge in [0.05, 0.1) is 41.9 Å². The van der Waals surface area contributed by atoms with Crippen molar-refractivity contribution in [2.75, 3.05) is 73.6 Å². The van der Waals surface area contributed by atoms with E-state index in [9.17, 15) is 38.4 Å². The number of rotatable bonds is 23. The molecule has 696 valence electrons. The van der Waals surface area contributed by atoms with Gasteiger partial charge in [-0.2, -0.15) is 0 Å². The van der Waals surface area contributed by atoms with Gasteiger partial charge in [-0.15, -0.1) is 0 Å². The van der Waals surface area contributed by atoms with Gasteiger partial charge in [0.2, 0.25) is 47.4 Å². The van der Waals surface area contributed by atoms with Crippen LogP contribution in [-0.2, 0) is 155 Å². The second kappa shape index (κ2) is 46.1. The predicted octanol–water partition coefficient (Wildman–Crippen LogP) is 8.14. The summed E-state index contributed by atoms with van der Waals surface area (Å²) in [7, 11) is 0. The minimum atomic E-state index is -0.948. The van der Waals surface area contributed by atoms with Gasteiger partial charge in [0.1, 0.15) is 24.3 Å². The molecule has 132 heavy (non-hydrogen) atoms. The molecule has 0 spiro atoms. The SMILES string of the molecule is CC(C)(C)OC(=O)NCCC(=O)N1CCc2nc(NC3Cc4ccccc4C3)ncc2C1.CC(C)(C)OC(=O)NCCC(=O)O.NCCC(=O)N1CCc2nc(NC3Cc4ccccc4C3)ncc2C1.O=C(Cn1ccnc1)NCCC(=O)N1CCc2nc(NC3Cc4ccccc4C3)ncc2C1.O=C(O)Cn1ccnc1.c1ccc2c(c1)CC(Nc1ncc3c(n1)CCNC3)C2. The van der Waals surface area contributed by atoms with Crippen LogP contribution in [0.2, 0.25) is 0 Å². The highest BCUT2D eigenvalue weighted by molar-refractivity contribution is 5.80. The molecule has 0 fully saturated rings. The van der Waals surface area contributed by atoms with Crippen molar-refractivity contribution in [1.29, 1.82) is 0 Å². The van der Waals surface area contributed by atoms with Gasteiger partial charge in [0.25, 0.3) is 0 Å². The Morgan fingerprint density at radius 1 is 0.409 bits per heavy atom. The fourth-order valence-electron chi connectivity index (χ4n) is 16.7. The van der Waals surface area contributed by atoms with Crippen LogP contribution >= 0.6 is 0 Å². The van der Waals surface area contributed by atoms with Crippen LogP contribution in [0.15, 0.2) is 159 Å². The first kappa shape index (κ1) is 95.7. The van der Waals surface area contributed by atoms with Crippen molar-refractivity contribution in [3.8, 4) is 0 Å². The molecular formula is C96H120N24O12. The summed E-state index contributed by atoms with van der Waals surface area (Å²) in [6.45, 7) is 17.3. The summed E-state index contributed by atoms with van der Waals surface area (Å²) in [5.41, 5.74) is 24.1. The number of anilines is 4. The van der Waals surface area contributed by atoms with E-state index in [2.05, 4.69) is 174 Å². The van der Waals surface area contributed by atoms with Gasteiger partial charge < -0.3 is 91.8 Å². The van der Waals surface area contributed by atoms with Crippen LogP contribution in [0.5, 0.6) is 0 Å². The smallest absolute Gasteiger partial charge is 0.407 e. The van der Waals surface area contributed by atoms with Gasteiger partial charge >= 0.3 is 24.1 Å². The number of imidazole rings is 2. The number of aromatic nitrogens is 12. The largest absolute Gasteiger partial charge is 0.481 e. The van der Waals surface area contributed by atoms with Crippen LogP contribution in [0.4, 0.5) is 33.4 Å². The number of nitrogens with one attached hydrogen (secondary N) is 8. The molecule has 6 aromatic heterocycles. The number of hydrogen-bond donors (Lipinski definition) is 11. The van der Waals surface area contributed by atoms with Crippen molar-refractivity contribution in [3.05, 3.63) is 249 Å². The molecular weight excluding hydrogens is 1680 g/mol. The summed E-state index contributed by atoms with van der Waals surface area (Å²) in [6, 6.07) is 35.7. The van der Waals surface area contributed by atoms with Crippen LogP contribution in [0, 0.1) is 0 Å². The predicted molar refractivity (Wildman–Crippen MR) is 495 cm³/mol. The second-order valence-electron chi connectivity index (χ2n) is 35.6. The number of amides is 6.